The Balaban J connectivity index is 4.11. The second-order valence-electron chi connectivity index (χ2n) is 4.93. The summed E-state index contributed by atoms with van der Waals surface area (Å²) >= 11 is 0. The first kappa shape index (κ1) is 15.9. The molecule has 0 spiro atoms. The van der Waals surface area contributed by atoms with Gasteiger partial charge < -0.3 is 9.47 Å². The minimum absolute atomic E-state index is 0.248. The van der Waals surface area contributed by atoms with Crippen LogP contribution in [0.5, 0.6) is 0 Å². The van der Waals surface area contributed by atoms with Crippen LogP contribution in [0.4, 0.5) is 0 Å². The molecule has 0 saturated heterocycles. The lowest BCUT2D eigenvalue weighted by atomic mass is 10.1. The molecule has 0 N–H and O–H groups in total. The first-order valence-electron chi connectivity index (χ1n) is 6.21. The van der Waals surface area contributed by atoms with Crippen molar-refractivity contribution in [3.8, 4) is 0 Å². The SMILES string of the molecule is CCCCCOC(=O)C(C)(C)OC(=O)C(C)C. The molecule has 0 fully saturated rings. The lowest BCUT2D eigenvalue weighted by molar-refractivity contribution is -0.180. The summed E-state index contributed by atoms with van der Waals surface area (Å²) in [6.45, 7) is 9.02. The van der Waals surface area contributed by atoms with E-state index in [0.29, 0.717) is 6.61 Å². The molecule has 0 heterocycles. The van der Waals surface area contributed by atoms with Crippen LogP contribution >= 0.6 is 0 Å². The number of rotatable bonds is 7. The third kappa shape index (κ3) is 6.29. The summed E-state index contributed by atoms with van der Waals surface area (Å²) in [5.74, 6) is -1.12. The third-order valence-corrected chi connectivity index (χ3v) is 2.30. The molecule has 0 unspecified atom stereocenters. The fraction of sp³-hybridized carbons (Fsp3) is 0.846. The van der Waals surface area contributed by atoms with Crippen molar-refractivity contribution in [1.29, 1.82) is 0 Å². The molecule has 0 aromatic heterocycles. The maximum absolute atomic E-state index is 11.7. The molecule has 0 saturated carbocycles. The summed E-state index contributed by atoms with van der Waals surface area (Å²) in [5.41, 5.74) is -1.20. The third-order valence-electron chi connectivity index (χ3n) is 2.30. The predicted octanol–water partition coefficient (Wildman–Crippen LogP) is 2.70. The highest BCUT2D eigenvalue weighted by molar-refractivity contribution is 5.83. The fourth-order valence-corrected chi connectivity index (χ4v) is 1.10. The van der Waals surface area contributed by atoms with Crippen LogP contribution in [-0.4, -0.2) is 24.1 Å². The molecule has 0 aliphatic heterocycles. The van der Waals surface area contributed by atoms with Gasteiger partial charge in [-0.05, 0) is 20.3 Å². The van der Waals surface area contributed by atoms with Gasteiger partial charge in [-0.25, -0.2) is 4.79 Å². The Labute approximate surface area is 104 Å². The van der Waals surface area contributed by atoms with E-state index in [4.69, 9.17) is 9.47 Å². The molecule has 4 nitrogen and oxygen atoms in total. The molecule has 100 valence electrons. The molecule has 0 radical (unpaired) electrons. The highest BCUT2D eigenvalue weighted by atomic mass is 16.6. The van der Waals surface area contributed by atoms with Gasteiger partial charge in [0.15, 0.2) is 0 Å². The Bertz CT molecular complexity index is 256. The van der Waals surface area contributed by atoms with Gasteiger partial charge in [0.2, 0.25) is 5.60 Å². The molecule has 0 aromatic carbocycles. The molecule has 4 heteroatoms. The van der Waals surface area contributed by atoms with Gasteiger partial charge in [-0.2, -0.15) is 0 Å². The Hall–Kier alpha value is -1.06. The molecular weight excluding hydrogens is 220 g/mol. The first-order chi connectivity index (χ1) is 7.81. The number of hydrogen-bond donors (Lipinski definition) is 0. The summed E-state index contributed by atoms with van der Waals surface area (Å²) < 4.78 is 10.2. The summed E-state index contributed by atoms with van der Waals surface area (Å²) in [7, 11) is 0. The highest BCUT2D eigenvalue weighted by Crippen LogP contribution is 2.15. The number of carbonyl (C=O) groups excluding carboxylic acids is 2. The van der Waals surface area contributed by atoms with E-state index in [1.54, 1.807) is 27.7 Å². The van der Waals surface area contributed by atoms with Crippen molar-refractivity contribution >= 4 is 11.9 Å². The Morgan fingerprint density at radius 1 is 1.18 bits per heavy atom. The van der Waals surface area contributed by atoms with Gasteiger partial charge in [0, 0.05) is 0 Å². The van der Waals surface area contributed by atoms with Crippen LogP contribution in [0.2, 0.25) is 0 Å². The molecule has 0 aliphatic rings. The van der Waals surface area contributed by atoms with Crippen LogP contribution < -0.4 is 0 Å². The molecule has 0 aliphatic carbocycles. The maximum atomic E-state index is 11.7. The molecule has 17 heavy (non-hydrogen) atoms. The summed E-state index contributed by atoms with van der Waals surface area (Å²) in [6, 6.07) is 0. The van der Waals surface area contributed by atoms with Gasteiger partial charge in [-0.15, -0.1) is 0 Å². The van der Waals surface area contributed by atoms with Crippen molar-refractivity contribution < 1.29 is 19.1 Å². The van der Waals surface area contributed by atoms with Gasteiger partial charge in [0.05, 0.1) is 12.5 Å². The summed E-state index contributed by atoms with van der Waals surface area (Å²) in [5, 5.41) is 0. The fourth-order valence-electron chi connectivity index (χ4n) is 1.10. The van der Waals surface area contributed by atoms with Gasteiger partial charge in [-0.1, -0.05) is 33.6 Å². The van der Waals surface area contributed by atoms with Crippen molar-refractivity contribution in [2.75, 3.05) is 6.61 Å². The Morgan fingerprint density at radius 2 is 1.76 bits per heavy atom. The lowest BCUT2D eigenvalue weighted by Crippen LogP contribution is -2.40. The normalized spacial score (nSPS) is 11.4. The van der Waals surface area contributed by atoms with E-state index in [1.807, 2.05) is 0 Å². The second kappa shape index (κ2) is 7.30. The van der Waals surface area contributed by atoms with E-state index in [-0.39, 0.29) is 11.9 Å². The van der Waals surface area contributed by atoms with Crippen LogP contribution in [0, 0.1) is 5.92 Å². The average molecular weight is 244 g/mol. The van der Waals surface area contributed by atoms with E-state index in [0.717, 1.165) is 19.3 Å². The average Bonchev–Trinajstić information content (AvgIpc) is 2.23. The zero-order valence-electron chi connectivity index (χ0n) is 11.5. The van der Waals surface area contributed by atoms with Crippen LogP contribution in [-0.2, 0) is 19.1 Å². The van der Waals surface area contributed by atoms with Gasteiger partial charge >= 0.3 is 11.9 Å². The zero-order chi connectivity index (χ0) is 13.5. The van der Waals surface area contributed by atoms with Gasteiger partial charge in [-0.3, -0.25) is 4.79 Å². The Morgan fingerprint density at radius 3 is 2.24 bits per heavy atom. The number of carbonyl (C=O) groups is 2. The number of esters is 2. The van der Waals surface area contributed by atoms with Crippen molar-refractivity contribution in [3.05, 3.63) is 0 Å². The smallest absolute Gasteiger partial charge is 0.350 e. The topological polar surface area (TPSA) is 52.6 Å². The number of hydrogen-bond acceptors (Lipinski definition) is 4. The van der Waals surface area contributed by atoms with E-state index < -0.39 is 11.6 Å². The maximum Gasteiger partial charge on any atom is 0.350 e. The monoisotopic (exact) mass is 244 g/mol. The van der Waals surface area contributed by atoms with Crippen LogP contribution in [0.25, 0.3) is 0 Å². The molecule has 0 amide bonds. The summed E-state index contributed by atoms with van der Waals surface area (Å²) in [4.78, 5) is 23.1. The summed E-state index contributed by atoms with van der Waals surface area (Å²) in [6.07, 6.45) is 2.94. The van der Waals surface area contributed by atoms with Crippen LogP contribution in [0.3, 0.4) is 0 Å². The lowest BCUT2D eigenvalue weighted by Gasteiger charge is -2.24. The molecule has 0 rings (SSSR count). The van der Waals surface area contributed by atoms with Crippen molar-refractivity contribution in [2.24, 2.45) is 5.92 Å². The van der Waals surface area contributed by atoms with Crippen molar-refractivity contribution in [1.82, 2.24) is 0 Å². The second-order valence-corrected chi connectivity index (χ2v) is 4.93. The molecule has 0 aromatic rings. The minimum atomic E-state index is -1.20. The van der Waals surface area contributed by atoms with E-state index >= 15 is 0 Å². The molecule has 0 atom stereocenters. The quantitative estimate of drug-likeness (QED) is 0.510. The zero-order valence-corrected chi connectivity index (χ0v) is 11.5. The van der Waals surface area contributed by atoms with Crippen molar-refractivity contribution in [2.45, 2.75) is 59.5 Å². The number of unbranched alkanes of at least 4 members (excludes halogenated alkanes) is 2. The molecule has 0 bridgehead atoms. The van der Waals surface area contributed by atoms with Crippen LogP contribution in [0.15, 0.2) is 0 Å². The van der Waals surface area contributed by atoms with E-state index in [1.165, 1.54) is 0 Å². The number of ether oxygens (including phenoxy) is 2. The van der Waals surface area contributed by atoms with Gasteiger partial charge in [0.25, 0.3) is 0 Å². The van der Waals surface area contributed by atoms with Crippen LogP contribution in [0.1, 0.15) is 53.9 Å². The van der Waals surface area contributed by atoms with E-state index in [9.17, 15) is 9.59 Å². The predicted molar refractivity (Wildman–Crippen MR) is 65.5 cm³/mol. The largest absolute Gasteiger partial charge is 0.463 e. The van der Waals surface area contributed by atoms with Gasteiger partial charge in [0.1, 0.15) is 0 Å². The van der Waals surface area contributed by atoms with E-state index in [2.05, 4.69) is 6.92 Å². The minimum Gasteiger partial charge on any atom is -0.463 e. The van der Waals surface area contributed by atoms with Crippen molar-refractivity contribution in [3.63, 3.8) is 0 Å². The standard InChI is InChI=1S/C13H24O4/c1-6-7-8-9-16-12(15)13(4,5)17-11(14)10(2)3/h10H,6-9H2,1-5H3. The first-order valence-corrected chi connectivity index (χ1v) is 6.21. The highest BCUT2D eigenvalue weighted by Gasteiger charge is 2.34. The Kier molecular flexibility index (Phi) is 6.85. The molecular formula is C13H24O4.